The van der Waals surface area contributed by atoms with Crippen molar-refractivity contribution in [3.05, 3.63) is 78.1 Å². The van der Waals surface area contributed by atoms with Gasteiger partial charge in [0.15, 0.2) is 10.5 Å². The first-order valence-electron chi connectivity index (χ1n) is 9.22. The number of benzene rings is 1. The van der Waals surface area contributed by atoms with E-state index < -0.39 is 33.6 Å². The SMILES string of the molecule is NC(=O)NC(=S)C1(C(F)(F)F)C=C(c2ccccc2NC(=O)c2ccccn2)C=CC1(O)Cl. The van der Waals surface area contributed by atoms with E-state index >= 15 is 0 Å². The number of hydrogen-bond donors (Lipinski definition) is 4. The largest absolute Gasteiger partial charge is 0.408 e. The molecule has 1 aliphatic rings. The lowest BCUT2D eigenvalue weighted by atomic mass is 9.74. The van der Waals surface area contributed by atoms with Gasteiger partial charge in [0.05, 0.1) is 0 Å². The number of amides is 3. The number of halogens is 4. The number of pyridine rings is 1. The third-order valence-electron chi connectivity index (χ3n) is 4.83. The topological polar surface area (TPSA) is 117 Å². The molecule has 7 nitrogen and oxygen atoms in total. The summed E-state index contributed by atoms with van der Waals surface area (Å²) in [6.07, 6.45) is -1.40. The first-order valence-corrected chi connectivity index (χ1v) is 10.0. The summed E-state index contributed by atoms with van der Waals surface area (Å²) in [6, 6.07) is 9.37. The summed E-state index contributed by atoms with van der Waals surface area (Å²) in [5.41, 5.74) is 1.88. The number of nitrogens with two attached hydrogens (primary N) is 1. The Bertz CT molecular complexity index is 1170. The van der Waals surface area contributed by atoms with E-state index in [9.17, 15) is 27.9 Å². The average Bonchev–Trinajstić information content (AvgIpc) is 2.73. The molecule has 2 atom stereocenters. The summed E-state index contributed by atoms with van der Waals surface area (Å²) in [7, 11) is 0. The minimum atomic E-state index is -5.24. The Balaban J connectivity index is 2.12. The minimum absolute atomic E-state index is 0.0804. The highest BCUT2D eigenvalue weighted by molar-refractivity contribution is 7.80. The van der Waals surface area contributed by atoms with E-state index in [0.717, 1.165) is 6.08 Å². The van der Waals surface area contributed by atoms with E-state index in [1.165, 1.54) is 30.5 Å². The van der Waals surface area contributed by atoms with E-state index in [2.05, 4.69) is 10.3 Å². The first kappa shape index (κ1) is 24.4. The number of anilines is 1. The van der Waals surface area contributed by atoms with E-state index in [1.54, 1.807) is 23.5 Å². The van der Waals surface area contributed by atoms with Crippen molar-refractivity contribution in [3.63, 3.8) is 0 Å². The third kappa shape index (κ3) is 4.61. The van der Waals surface area contributed by atoms with Crippen molar-refractivity contribution in [1.82, 2.24) is 10.3 Å². The van der Waals surface area contributed by atoms with Crippen LogP contribution < -0.4 is 16.4 Å². The molecule has 0 spiro atoms. The maximum absolute atomic E-state index is 14.3. The summed E-state index contributed by atoms with van der Waals surface area (Å²) in [5.74, 6) is -0.592. The molecule has 0 saturated heterocycles. The van der Waals surface area contributed by atoms with Crippen molar-refractivity contribution >= 4 is 52.0 Å². The molecule has 1 aliphatic carbocycles. The summed E-state index contributed by atoms with van der Waals surface area (Å²) in [6.45, 7) is 0. The number of allylic oxidation sites excluding steroid dienone is 2. The van der Waals surface area contributed by atoms with Gasteiger partial charge in [-0.15, -0.1) is 0 Å². The molecule has 1 aromatic heterocycles. The molecule has 3 rings (SSSR count). The monoisotopic (exact) mass is 496 g/mol. The highest BCUT2D eigenvalue weighted by Crippen LogP contribution is 2.54. The molecule has 5 N–H and O–H groups in total. The van der Waals surface area contributed by atoms with Crippen molar-refractivity contribution in [2.24, 2.45) is 11.1 Å². The number of aliphatic hydroxyl groups is 1. The molecule has 0 saturated carbocycles. The highest BCUT2D eigenvalue weighted by Gasteiger charge is 2.68. The van der Waals surface area contributed by atoms with Crippen LogP contribution in [-0.4, -0.2) is 38.3 Å². The van der Waals surface area contributed by atoms with Crippen LogP contribution in [-0.2, 0) is 0 Å². The number of urea groups is 1. The van der Waals surface area contributed by atoms with Gasteiger partial charge < -0.3 is 21.5 Å². The fraction of sp³-hybridized carbons (Fsp3) is 0.143. The number of nitrogens with zero attached hydrogens (tertiary/aromatic N) is 1. The number of thiocarbonyl (C=S) groups is 1. The Labute approximate surface area is 196 Å². The highest BCUT2D eigenvalue weighted by atomic mass is 35.5. The van der Waals surface area contributed by atoms with Gasteiger partial charge in [0.25, 0.3) is 5.91 Å². The summed E-state index contributed by atoms with van der Waals surface area (Å²) in [5, 5.41) is 11.7. The Morgan fingerprint density at radius 3 is 2.42 bits per heavy atom. The lowest BCUT2D eigenvalue weighted by Crippen LogP contribution is -2.61. The Kier molecular flexibility index (Phi) is 6.59. The minimum Gasteiger partial charge on any atom is -0.370 e. The van der Waals surface area contributed by atoms with Gasteiger partial charge in [-0.1, -0.05) is 60.2 Å². The summed E-state index contributed by atoms with van der Waals surface area (Å²) >= 11 is 10.7. The number of primary amides is 1. The van der Waals surface area contributed by atoms with Crippen LogP contribution >= 0.6 is 23.8 Å². The predicted molar refractivity (Wildman–Crippen MR) is 120 cm³/mol. The van der Waals surface area contributed by atoms with Gasteiger partial charge in [0, 0.05) is 17.4 Å². The van der Waals surface area contributed by atoms with Crippen molar-refractivity contribution < 1.29 is 27.9 Å². The third-order valence-corrected chi connectivity index (χ3v) is 5.68. The Morgan fingerprint density at radius 2 is 1.82 bits per heavy atom. The summed E-state index contributed by atoms with van der Waals surface area (Å²) in [4.78, 5) is 26.6. The molecular weight excluding hydrogens is 481 g/mol. The molecule has 172 valence electrons. The molecule has 33 heavy (non-hydrogen) atoms. The van der Waals surface area contributed by atoms with Crippen LogP contribution in [0.3, 0.4) is 0 Å². The van der Waals surface area contributed by atoms with E-state index in [4.69, 9.17) is 29.6 Å². The van der Waals surface area contributed by atoms with Gasteiger partial charge in [-0.25, -0.2) is 4.79 Å². The van der Waals surface area contributed by atoms with Crippen molar-refractivity contribution in [3.8, 4) is 0 Å². The van der Waals surface area contributed by atoms with Gasteiger partial charge in [0.1, 0.15) is 10.7 Å². The van der Waals surface area contributed by atoms with Crippen molar-refractivity contribution in [2.75, 3.05) is 5.32 Å². The van der Waals surface area contributed by atoms with Gasteiger partial charge >= 0.3 is 12.2 Å². The zero-order valence-corrected chi connectivity index (χ0v) is 18.1. The number of carbonyl (C=O) groups excluding carboxylic acids is 2. The predicted octanol–water partition coefficient (Wildman–Crippen LogP) is 3.76. The van der Waals surface area contributed by atoms with E-state index in [0.29, 0.717) is 12.2 Å². The fourth-order valence-electron chi connectivity index (χ4n) is 3.25. The van der Waals surface area contributed by atoms with Crippen LogP contribution in [0, 0.1) is 5.41 Å². The number of carbonyl (C=O) groups is 2. The van der Waals surface area contributed by atoms with Crippen LogP contribution in [0.1, 0.15) is 16.1 Å². The molecule has 2 unspecified atom stereocenters. The molecule has 0 fully saturated rings. The molecule has 3 amide bonds. The number of aromatic nitrogens is 1. The normalized spacial score (nSPS) is 22.3. The second kappa shape index (κ2) is 8.93. The van der Waals surface area contributed by atoms with E-state index in [1.807, 2.05) is 0 Å². The Morgan fingerprint density at radius 1 is 1.15 bits per heavy atom. The molecule has 0 bridgehead atoms. The second-order valence-corrected chi connectivity index (χ2v) is 7.93. The van der Waals surface area contributed by atoms with Crippen LogP contribution in [0.15, 0.2) is 66.9 Å². The number of hydrogen-bond acceptors (Lipinski definition) is 5. The van der Waals surface area contributed by atoms with Crippen LogP contribution in [0.4, 0.5) is 23.7 Å². The van der Waals surface area contributed by atoms with Crippen LogP contribution in [0.5, 0.6) is 0 Å². The lowest BCUT2D eigenvalue weighted by Gasteiger charge is -2.43. The van der Waals surface area contributed by atoms with Gasteiger partial charge in [-0.05, 0) is 29.8 Å². The Hall–Kier alpha value is -3.28. The zero-order valence-electron chi connectivity index (χ0n) is 16.6. The molecule has 2 aromatic rings. The lowest BCUT2D eigenvalue weighted by molar-refractivity contribution is -0.209. The van der Waals surface area contributed by atoms with Crippen LogP contribution in [0.25, 0.3) is 5.57 Å². The van der Waals surface area contributed by atoms with Gasteiger partial charge in [-0.2, -0.15) is 13.2 Å². The van der Waals surface area contributed by atoms with Crippen LogP contribution in [0.2, 0.25) is 0 Å². The molecule has 0 radical (unpaired) electrons. The first-order chi connectivity index (χ1) is 15.4. The number of para-hydroxylation sites is 1. The van der Waals surface area contributed by atoms with Gasteiger partial charge in [0.2, 0.25) is 0 Å². The maximum Gasteiger partial charge on any atom is 0.408 e. The standard InChI is InChI=1S/C21H16ClF3N4O3S/c22-20(32)9-8-12(11-19(20,21(23,24)25)17(33)29-18(26)31)13-5-1-2-6-14(13)28-16(30)15-7-3-4-10-27-15/h1-11,32H,(H,28,30)(H3,26,29,31,33). The van der Waals surface area contributed by atoms with Gasteiger partial charge in [-0.3, -0.25) is 9.78 Å². The molecule has 1 heterocycles. The maximum atomic E-state index is 14.3. The average molecular weight is 497 g/mol. The molecule has 12 heteroatoms. The van der Waals surface area contributed by atoms with E-state index in [-0.39, 0.29) is 22.5 Å². The molecular formula is C21H16ClF3N4O3S. The fourth-order valence-corrected chi connectivity index (χ4v) is 4.06. The quantitative estimate of drug-likeness (QED) is 0.380. The van der Waals surface area contributed by atoms with Crippen molar-refractivity contribution in [1.29, 1.82) is 0 Å². The second-order valence-electron chi connectivity index (χ2n) is 6.95. The molecule has 0 aliphatic heterocycles. The van der Waals surface area contributed by atoms with Crippen molar-refractivity contribution in [2.45, 2.75) is 11.2 Å². The number of alkyl halides is 4. The number of rotatable bonds is 4. The molecule has 1 aromatic carbocycles. The summed E-state index contributed by atoms with van der Waals surface area (Å²) < 4.78 is 43.0. The smallest absolute Gasteiger partial charge is 0.370 e. The zero-order chi connectivity index (χ0) is 24.4. The number of nitrogens with one attached hydrogen (secondary N) is 2.